The molecule has 0 saturated carbocycles. The monoisotopic (exact) mass is 123 g/mol. The molecule has 0 aromatic carbocycles. The Hall–Kier alpha value is -1.02. The van der Waals surface area contributed by atoms with Gasteiger partial charge in [0, 0.05) is 0 Å². The summed E-state index contributed by atoms with van der Waals surface area (Å²) < 4.78 is 4.99. The van der Waals surface area contributed by atoms with E-state index in [-0.39, 0.29) is 6.04 Å². The number of hydrogen-bond acceptors (Lipinski definition) is 2. The lowest BCUT2D eigenvalue weighted by molar-refractivity contribution is 0.494. The quantitative estimate of drug-likeness (QED) is 0.605. The molecule has 0 aliphatic heterocycles. The van der Waals surface area contributed by atoms with Crippen molar-refractivity contribution in [1.29, 1.82) is 0 Å². The molecule has 2 nitrogen and oxygen atoms in total. The predicted octanol–water partition coefficient (Wildman–Crippen LogP) is 1.47. The first-order valence-electron chi connectivity index (χ1n) is 2.76. The Labute approximate surface area is 54.0 Å². The second-order valence-corrected chi connectivity index (χ2v) is 1.78. The van der Waals surface area contributed by atoms with Crippen LogP contribution < -0.4 is 5.73 Å². The van der Waals surface area contributed by atoms with E-state index in [1.165, 1.54) is 0 Å². The van der Waals surface area contributed by atoms with Crippen molar-refractivity contribution in [3.8, 4) is 0 Å². The van der Waals surface area contributed by atoms with Crippen LogP contribution in [0.15, 0.2) is 35.5 Å². The van der Waals surface area contributed by atoms with Gasteiger partial charge in [-0.1, -0.05) is 6.08 Å². The fourth-order valence-electron chi connectivity index (χ4n) is 0.597. The van der Waals surface area contributed by atoms with Gasteiger partial charge in [-0.05, 0) is 12.1 Å². The summed E-state index contributed by atoms with van der Waals surface area (Å²) in [6, 6.07) is 3.46. The van der Waals surface area contributed by atoms with Gasteiger partial charge in [0.15, 0.2) is 0 Å². The summed E-state index contributed by atoms with van der Waals surface area (Å²) in [4.78, 5) is 0. The Balaban J connectivity index is 2.76. The Morgan fingerprint density at radius 1 is 1.78 bits per heavy atom. The van der Waals surface area contributed by atoms with Gasteiger partial charge in [-0.25, -0.2) is 0 Å². The highest BCUT2D eigenvalue weighted by Crippen LogP contribution is 2.09. The van der Waals surface area contributed by atoms with Crippen LogP contribution in [0, 0.1) is 0 Å². The zero-order chi connectivity index (χ0) is 6.69. The summed E-state index contributed by atoms with van der Waals surface area (Å²) in [5, 5.41) is 0. The van der Waals surface area contributed by atoms with Gasteiger partial charge in [0.25, 0.3) is 0 Å². The minimum absolute atomic E-state index is 0.167. The normalized spacial score (nSPS) is 13.0. The first-order chi connectivity index (χ1) is 4.34. The molecule has 0 radical (unpaired) electrons. The molecule has 48 valence electrons. The molecule has 9 heavy (non-hydrogen) atoms. The maximum absolute atomic E-state index is 5.53. The highest BCUT2D eigenvalue weighted by Gasteiger charge is 2.00. The molecule has 0 saturated heterocycles. The van der Waals surface area contributed by atoms with Gasteiger partial charge in [0.2, 0.25) is 0 Å². The zero-order valence-electron chi connectivity index (χ0n) is 5.08. The van der Waals surface area contributed by atoms with Crippen LogP contribution in [0.5, 0.6) is 0 Å². The van der Waals surface area contributed by atoms with Gasteiger partial charge >= 0.3 is 0 Å². The predicted molar refractivity (Wildman–Crippen MR) is 35.8 cm³/mol. The molecular weight excluding hydrogens is 114 g/mol. The van der Waals surface area contributed by atoms with Crippen molar-refractivity contribution in [1.82, 2.24) is 0 Å². The molecule has 1 rings (SSSR count). The van der Waals surface area contributed by atoms with Crippen LogP contribution in [0.3, 0.4) is 0 Å². The minimum atomic E-state index is -0.167. The van der Waals surface area contributed by atoms with E-state index in [1.807, 2.05) is 6.07 Å². The third kappa shape index (κ3) is 1.21. The Kier molecular flexibility index (Phi) is 1.70. The van der Waals surface area contributed by atoms with Crippen LogP contribution in [-0.4, -0.2) is 0 Å². The average molecular weight is 123 g/mol. The summed E-state index contributed by atoms with van der Waals surface area (Å²) in [6.07, 6.45) is 3.23. The minimum Gasteiger partial charge on any atom is -0.467 e. The van der Waals surface area contributed by atoms with Gasteiger partial charge in [-0.15, -0.1) is 6.58 Å². The highest BCUT2D eigenvalue weighted by molar-refractivity contribution is 5.08. The maximum atomic E-state index is 5.53. The van der Waals surface area contributed by atoms with E-state index in [0.717, 1.165) is 5.76 Å². The Morgan fingerprint density at radius 3 is 3.00 bits per heavy atom. The number of rotatable bonds is 2. The largest absolute Gasteiger partial charge is 0.467 e. The molecule has 0 aliphatic carbocycles. The molecule has 2 N–H and O–H groups in total. The molecule has 0 bridgehead atoms. The fourth-order valence-corrected chi connectivity index (χ4v) is 0.597. The number of nitrogens with two attached hydrogens (primary N) is 1. The highest BCUT2D eigenvalue weighted by atomic mass is 16.3. The van der Waals surface area contributed by atoms with Gasteiger partial charge in [0.05, 0.1) is 12.3 Å². The van der Waals surface area contributed by atoms with E-state index in [9.17, 15) is 0 Å². The van der Waals surface area contributed by atoms with E-state index in [2.05, 4.69) is 6.58 Å². The van der Waals surface area contributed by atoms with Crippen LogP contribution in [0.25, 0.3) is 0 Å². The number of furan rings is 1. The Bertz CT molecular complexity index is 179. The molecule has 1 aromatic rings. The topological polar surface area (TPSA) is 39.2 Å². The van der Waals surface area contributed by atoms with E-state index in [1.54, 1.807) is 18.4 Å². The molecule has 0 amide bonds. The summed E-state index contributed by atoms with van der Waals surface area (Å²) in [7, 11) is 0. The van der Waals surface area contributed by atoms with Crippen LogP contribution >= 0.6 is 0 Å². The van der Waals surface area contributed by atoms with Crippen LogP contribution in [-0.2, 0) is 0 Å². The standard InChI is InChI=1S/C7H9NO/c1-2-6(8)7-4-3-5-9-7/h2-6H,1,8H2. The fraction of sp³-hybridized carbons (Fsp3) is 0.143. The Morgan fingerprint density at radius 2 is 2.56 bits per heavy atom. The zero-order valence-corrected chi connectivity index (χ0v) is 5.08. The summed E-state index contributed by atoms with van der Waals surface area (Å²) >= 11 is 0. The van der Waals surface area contributed by atoms with Crippen LogP contribution in [0.2, 0.25) is 0 Å². The lowest BCUT2D eigenvalue weighted by Crippen LogP contribution is -2.04. The summed E-state index contributed by atoms with van der Waals surface area (Å²) in [5.41, 5.74) is 5.53. The molecule has 1 aromatic heterocycles. The third-order valence-electron chi connectivity index (χ3n) is 1.13. The van der Waals surface area contributed by atoms with Gasteiger partial charge in [0.1, 0.15) is 5.76 Å². The molecule has 1 atom stereocenters. The van der Waals surface area contributed by atoms with Crippen molar-refractivity contribution in [3.63, 3.8) is 0 Å². The van der Waals surface area contributed by atoms with E-state index in [0.29, 0.717) is 0 Å². The molecular formula is C7H9NO. The van der Waals surface area contributed by atoms with E-state index >= 15 is 0 Å². The van der Waals surface area contributed by atoms with Crippen LogP contribution in [0.1, 0.15) is 11.8 Å². The second-order valence-electron chi connectivity index (χ2n) is 1.78. The summed E-state index contributed by atoms with van der Waals surface area (Å²) in [5.74, 6) is 0.755. The van der Waals surface area contributed by atoms with Gasteiger partial charge in [-0.3, -0.25) is 0 Å². The molecule has 0 aliphatic rings. The smallest absolute Gasteiger partial charge is 0.124 e. The molecule has 1 heterocycles. The van der Waals surface area contributed by atoms with Crippen molar-refractivity contribution < 1.29 is 4.42 Å². The van der Waals surface area contributed by atoms with Crippen molar-refractivity contribution in [2.24, 2.45) is 5.73 Å². The van der Waals surface area contributed by atoms with Crippen molar-refractivity contribution >= 4 is 0 Å². The van der Waals surface area contributed by atoms with Crippen molar-refractivity contribution in [2.75, 3.05) is 0 Å². The molecule has 0 spiro atoms. The van der Waals surface area contributed by atoms with Gasteiger partial charge in [-0.2, -0.15) is 0 Å². The summed E-state index contributed by atoms with van der Waals surface area (Å²) in [6.45, 7) is 3.53. The van der Waals surface area contributed by atoms with E-state index < -0.39 is 0 Å². The lowest BCUT2D eigenvalue weighted by Gasteiger charge is -1.97. The van der Waals surface area contributed by atoms with Crippen molar-refractivity contribution in [3.05, 3.63) is 36.8 Å². The lowest BCUT2D eigenvalue weighted by atomic mass is 10.2. The molecule has 2 heteroatoms. The van der Waals surface area contributed by atoms with E-state index in [4.69, 9.17) is 10.2 Å². The van der Waals surface area contributed by atoms with Crippen LogP contribution in [0.4, 0.5) is 0 Å². The molecule has 0 fully saturated rings. The first-order valence-corrected chi connectivity index (χ1v) is 2.76. The maximum Gasteiger partial charge on any atom is 0.124 e. The average Bonchev–Trinajstić information content (AvgIpc) is 2.37. The van der Waals surface area contributed by atoms with Gasteiger partial charge < -0.3 is 10.2 Å². The third-order valence-corrected chi connectivity index (χ3v) is 1.13. The number of hydrogen-bond donors (Lipinski definition) is 1. The first kappa shape index (κ1) is 6.11. The van der Waals surface area contributed by atoms with Crippen molar-refractivity contribution in [2.45, 2.75) is 6.04 Å². The second kappa shape index (κ2) is 2.51. The molecule has 1 unspecified atom stereocenters. The SMILES string of the molecule is C=CC(N)c1ccco1.